The van der Waals surface area contributed by atoms with E-state index in [0.29, 0.717) is 28.5 Å². The Balaban J connectivity index is 2.04. The summed E-state index contributed by atoms with van der Waals surface area (Å²) in [5.41, 5.74) is 2.39. The molecule has 0 atom stereocenters. The number of alkyl halides is 1. The van der Waals surface area contributed by atoms with Crippen LogP contribution in [0.15, 0.2) is 12.1 Å². The smallest absolute Gasteiger partial charge is 0.215 e. The first kappa shape index (κ1) is 14.6. The number of pyridine rings is 1. The minimum atomic E-state index is 0.325. The van der Waals surface area contributed by atoms with Gasteiger partial charge in [-0.25, -0.2) is 4.98 Å². The predicted octanol–water partition coefficient (Wildman–Crippen LogP) is 3.86. The third kappa shape index (κ3) is 2.03. The Bertz CT molecular complexity index is 676. The van der Waals surface area contributed by atoms with Crippen molar-refractivity contribution in [2.45, 2.75) is 40.1 Å². The maximum Gasteiger partial charge on any atom is 0.215 e. The van der Waals surface area contributed by atoms with Gasteiger partial charge in [-0.05, 0) is 22.8 Å². The summed E-state index contributed by atoms with van der Waals surface area (Å²) in [6.45, 7) is 10.2. The van der Waals surface area contributed by atoms with Crippen LogP contribution < -0.4 is 4.74 Å². The predicted molar refractivity (Wildman–Crippen MR) is 84.7 cm³/mol. The van der Waals surface area contributed by atoms with Crippen molar-refractivity contribution >= 4 is 22.8 Å². The van der Waals surface area contributed by atoms with Crippen LogP contribution in [-0.4, -0.2) is 21.6 Å². The SMILES string of the molecule is COc1ccc2nc(CCl)n(CC3C(C)(C)C3(C)C)c2n1. The summed E-state index contributed by atoms with van der Waals surface area (Å²) < 4.78 is 7.40. The Labute approximate surface area is 130 Å². The van der Waals surface area contributed by atoms with Crippen LogP contribution in [0.25, 0.3) is 11.2 Å². The molecule has 0 amide bonds. The first-order chi connectivity index (χ1) is 9.82. The first-order valence-corrected chi connectivity index (χ1v) is 7.82. The van der Waals surface area contributed by atoms with E-state index in [4.69, 9.17) is 16.3 Å². The number of methoxy groups -OCH3 is 1. The molecule has 1 saturated carbocycles. The third-order valence-electron chi connectivity index (χ3n) is 5.66. The van der Waals surface area contributed by atoms with Gasteiger partial charge in [0.1, 0.15) is 11.3 Å². The molecule has 0 radical (unpaired) electrons. The van der Waals surface area contributed by atoms with E-state index in [2.05, 4.69) is 42.2 Å². The zero-order valence-corrected chi connectivity index (χ0v) is 14.0. The van der Waals surface area contributed by atoms with E-state index in [1.165, 1.54) is 0 Å². The lowest BCUT2D eigenvalue weighted by atomic mass is 10.0. The number of aromatic nitrogens is 3. The summed E-state index contributed by atoms with van der Waals surface area (Å²) in [5.74, 6) is 2.48. The summed E-state index contributed by atoms with van der Waals surface area (Å²) in [4.78, 5) is 9.15. The highest BCUT2D eigenvalue weighted by molar-refractivity contribution is 6.16. The summed E-state index contributed by atoms with van der Waals surface area (Å²) >= 11 is 6.08. The fourth-order valence-corrected chi connectivity index (χ4v) is 3.62. The standard InChI is InChI=1S/C16H22ClN3O/c1-15(2)11(16(15,3)4)9-20-12(8-17)18-10-6-7-13(21-5)19-14(10)20/h6-7,11H,8-9H2,1-5H3. The molecule has 2 heterocycles. The highest BCUT2D eigenvalue weighted by Gasteiger charge is 2.64. The van der Waals surface area contributed by atoms with Crippen LogP contribution in [-0.2, 0) is 12.4 Å². The van der Waals surface area contributed by atoms with E-state index >= 15 is 0 Å². The molecule has 0 N–H and O–H groups in total. The maximum atomic E-state index is 6.08. The van der Waals surface area contributed by atoms with Crippen molar-refractivity contribution in [3.05, 3.63) is 18.0 Å². The monoisotopic (exact) mass is 307 g/mol. The molecule has 0 aliphatic heterocycles. The van der Waals surface area contributed by atoms with Crippen molar-refractivity contribution in [2.75, 3.05) is 7.11 Å². The molecular formula is C16H22ClN3O. The summed E-state index contributed by atoms with van der Waals surface area (Å²) in [7, 11) is 1.63. The molecule has 3 rings (SSSR count). The summed E-state index contributed by atoms with van der Waals surface area (Å²) in [5, 5.41) is 0. The van der Waals surface area contributed by atoms with Crippen molar-refractivity contribution in [3.63, 3.8) is 0 Å². The van der Waals surface area contributed by atoms with Crippen LogP contribution in [0, 0.1) is 16.7 Å². The molecule has 0 aromatic carbocycles. The number of ether oxygens (including phenoxy) is 1. The van der Waals surface area contributed by atoms with Crippen LogP contribution in [0.5, 0.6) is 5.88 Å². The van der Waals surface area contributed by atoms with Crippen molar-refractivity contribution in [1.82, 2.24) is 14.5 Å². The highest BCUT2D eigenvalue weighted by Crippen LogP contribution is 2.69. The Hall–Kier alpha value is -1.29. The highest BCUT2D eigenvalue weighted by atomic mass is 35.5. The molecule has 1 fully saturated rings. The Morgan fingerprint density at radius 2 is 1.86 bits per heavy atom. The third-order valence-corrected chi connectivity index (χ3v) is 5.90. The van der Waals surface area contributed by atoms with Crippen LogP contribution >= 0.6 is 11.6 Å². The van der Waals surface area contributed by atoms with E-state index in [9.17, 15) is 0 Å². The fourth-order valence-electron chi connectivity index (χ4n) is 3.41. The number of rotatable bonds is 4. The minimum absolute atomic E-state index is 0.325. The van der Waals surface area contributed by atoms with E-state index in [1.807, 2.05) is 12.1 Å². The van der Waals surface area contributed by atoms with Gasteiger partial charge in [-0.1, -0.05) is 27.7 Å². The zero-order chi connectivity index (χ0) is 15.4. The molecule has 0 saturated heterocycles. The zero-order valence-electron chi connectivity index (χ0n) is 13.3. The average Bonchev–Trinajstić information content (AvgIpc) is 2.76. The Morgan fingerprint density at radius 1 is 1.19 bits per heavy atom. The molecule has 1 aliphatic rings. The fraction of sp³-hybridized carbons (Fsp3) is 0.625. The molecule has 0 unspecified atom stereocenters. The van der Waals surface area contributed by atoms with Gasteiger partial charge in [0.15, 0.2) is 5.65 Å². The number of halogens is 1. The molecule has 0 bridgehead atoms. The molecule has 4 nitrogen and oxygen atoms in total. The van der Waals surface area contributed by atoms with Gasteiger partial charge in [0.2, 0.25) is 5.88 Å². The molecule has 2 aromatic rings. The molecule has 114 valence electrons. The quantitative estimate of drug-likeness (QED) is 0.805. The largest absolute Gasteiger partial charge is 0.481 e. The molecule has 2 aromatic heterocycles. The van der Waals surface area contributed by atoms with Crippen LogP contribution in [0.4, 0.5) is 0 Å². The molecule has 5 heteroatoms. The topological polar surface area (TPSA) is 39.9 Å². The van der Waals surface area contributed by atoms with Gasteiger partial charge in [-0.15, -0.1) is 11.6 Å². The number of hydrogen-bond acceptors (Lipinski definition) is 3. The van der Waals surface area contributed by atoms with Gasteiger partial charge >= 0.3 is 0 Å². The Morgan fingerprint density at radius 3 is 2.38 bits per heavy atom. The van der Waals surface area contributed by atoms with Gasteiger partial charge < -0.3 is 9.30 Å². The van der Waals surface area contributed by atoms with Crippen molar-refractivity contribution in [2.24, 2.45) is 16.7 Å². The molecule has 1 aliphatic carbocycles. The van der Waals surface area contributed by atoms with Crippen LogP contribution in [0.2, 0.25) is 0 Å². The van der Waals surface area contributed by atoms with Gasteiger partial charge in [-0.2, -0.15) is 4.98 Å². The number of nitrogens with zero attached hydrogens (tertiary/aromatic N) is 3. The number of hydrogen-bond donors (Lipinski definition) is 0. The van der Waals surface area contributed by atoms with E-state index in [0.717, 1.165) is 23.5 Å². The maximum absolute atomic E-state index is 6.08. The van der Waals surface area contributed by atoms with E-state index in [-0.39, 0.29) is 0 Å². The van der Waals surface area contributed by atoms with Gasteiger partial charge in [0.05, 0.1) is 13.0 Å². The lowest BCUT2D eigenvalue weighted by Gasteiger charge is -2.09. The number of imidazole rings is 1. The van der Waals surface area contributed by atoms with Gasteiger partial charge in [-0.3, -0.25) is 0 Å². The second-order valence-electron chi connectivity index (χ2n) is 6.96. The van der Waals surface area contributed by atoms with Crippen LogP contribution in [0.1, 0.15) is 33.5 Å². The second kappa shape index (κ2) is 4.60. The van der Waals surface area contributed by atoms with E-state index in [1.54, 1.807) is 7.11 Å². The Kier molecular flexibility index (Phi) is 3.21. The molecular weight excluding hydrogens is 286 g/mol. The summed E-state index contributed by atoms with van der Waals surface area (Å²) in [6, 6.07) is 3.78. The first-order valence-electron chi connectivity index (χ1n) is 7.29. The summed E-state index contributed by atoms with van der Waals surface area (Å²) in [6.07, 6.45) is 0. The molecule has 0 spiro atoms. The van der Waals surface area contributed by atoms with Gasteiger partial charge in [0.25, 0.3) is 0 Å². The van der Waals surface area contributed by atoms with Crippen LogP contribution in [0.3, 0.4) is 0 Å². The van der Waals surface area contributed by atoms with Crippen molar-refractivity contribution < 1.29 is 4.74 Å². The normalized spacial score (nSPS) is 19.9. The lowest BCUT2D eigenvalue weighted by molar-refractivity contribution is 0.398. The number of fused-ring (bicyclic) bond motifs is 1. The second-order valence-corrected chi connectivity index (χ2v) is 7.23. The minimum Gasteiger partial charge on any atom is -0.481 e. The van der Waals surface area contributed by atoms with Crippen molar-refractivity contribution in [1.29, 1.82) is 0 Å². The van der Waals surface area contributed by atoms with Crippen molar-refractivity contribution in [3.8, 4) is 5.88 Å². The van der Waals surface area contributed by atoms with E-state index < -0.39 is 0 Å². The average molecular weight is 308 g/mol. The lowest BCUT2D eigenvalue weighted by Crippen LogP contribution is -2.08. The van der Waals surface area contributed by atoms with Gasteiger partial charge in [0, 0.05) is 12.6 Å². The molecule has 21 heavy (non-hydrogen) atoms.